The van der Waals surface area contributed by atoms with Crippen LogP contribution < -0.4 is 20.7 Å². The van der Waals surface area contributed by atoms with E-state index in [4.69, 9.17) is 30.4 Å². The van der Waals surface area contributed by atoms with E-state index in [-0.39, 0.29) is 5.56 Å². The number of fused-ring (bicyclic) bond motifs is 3. The van der Waals surface area contributed by atoms with Crippen molar-refractivity contribution in [3.05, 3.63) is 53.7 Å². The van der Waals surface area contributed by atoms with Gasteiger partial charge in [-0.25, -0.2) is 19.7 Å². The van der Waals surface area contributed by atoms with Crippen LogP contribution in [0.3, 0.4) is 0 Å². The van der Waals surface area contributed by atoms with Gasteiger partial charge in [-0.3, -0.25) is 0 Å². The number of nitrogens with zero attached hydrogens (tertiary/aromatic N) is 5. The molecule has 1 fully saturated rings. The van der Waals surface area contributed by atoms with Crippen molar-refractivity contribution in [2.75, 3.05) is 43.4 Å². The molecule has 1 saturated heterocycles. The van der Waals surface area contributed by atoms with E-state index in [9.17, 15) is 9.90 Å². The Labute approximate surface area is 228 Å². The van der Waals surface area contributed by atoms with Gasteiger partial charge in [-0.05, 0) is 31.5 Å². The summed E-state index contributed by atoms with van der Waals surface area (Å²) in [6, 6.07) is 12.5. The molecule has 0 radical (unpaired) electrons. The first kappa shape index (κ1) is 25.0. The lowest BCUT2D eigenvalue weighted by molar-refractivity contribution is 0.0697. The van der Waals surface area contributed by atoms with Crippen molar-refractivity contribution in [1.29, 1.82) is 0 Å². The van der Waals surface area contributed by atoms with Gasteiger partial charge >= 0.3 is 5.97 Å². The molecule has 4 heterocycles. The molecule has 0 spiro atoms. The second-order valence-corrected chi connectivity index (χ2v) is 10.3. The van der Waals surface area contributed by atoms with Crippen LogP contribution in [-0.4, -0.2) is 63.8 Å². The fourth-order valence-electron chi connectivity index (χ4n) is 4.80. The number of anilines is 2. The maximum Gasteiger partial charge on any atom is 0.335 e. The van der Waals surface area contributed by atoms with Crippen LogP contribution in [0.25, 0.3) is 42.9 Å². The van der Waals surface area contributed by atoms with Crippen LogP contribution in [0.15, 0.2) is 42.5 Å². The summed E-state index contributed by atoms with van der Waals surface area (Å²) in [6.45, 7) is 7.89. The Kier molecular flexibility index (Phi) is 6.45. The van der Waals surface area contributed by atoms with Crippen molar-refractivity contribution in [3.63, 3.8) is 0 Å². The summed E-state index contributed by atoms with van der Waals surface area (Å²) in [5.41, 5.74) is 10.9. The van der Waals surface area contributed by atoms with Crippen molar-refractivity contribution in [2.45, 2.75) is 13.8 Å². The van der Waals surface area contributed by atoms with Crippen molar-refractivity contribution >= 4 is 49.4 Å². The van der Waals surface area contributed by atoms with E-state index in [1.165, 1.54) is 17.4 Å². The highest BCUT2D eigenvalue weighted by Gasteiger charge is 2.22. The summed E-state index contributed by atoms with van der Waals surface area (Å²) in [5, 5.41) is 13.5. The minimum absolute atomic E-state index is 0.158. The van der Waals surface area contributed by atoms with Crippen molar-refractivity contribution in [1.82, 2.24) is 25.3 Å². The van der Waals surface area contributed by atoms with Crippen LogP contribution in [0.5, 0.6) is 5.88 Å². The van der Waals surface area contributed by atoms with Gasteiger partial charge in [0.15, 0.2) is 5.82 Å². The number of ether oxygens (including phenoxy) is 1. The van der Waals surface area contributed by atoms with Gasteiger partial charge in [-0.1, -0.05) is 30.3 Å². The Morgan fingerprint density at radius 1 is 1.08 bits per heavy atom. The van der Waals surface area contributed by atoms with Crippen LogP contribution in [-0.2, 0) is 0 Å². The molecule has 198 valence electrons. The third kappa shape index (κ3) is 4.59. The predicted molar refractivity (Wildman–Crippen MR) is 154 cm³/mol. The van der Waals surface area contributed by atoms with Gasteiger partial charge in [0.2, 0.25) is 11.8 Å². The van der Waals surface area contributed by atoms with E-state index in [1.54, 1.807) is 12.1 Å². The topological polar surface area (TPSA) is 139 Å². The fraction of sp³-hybridized carbons (Fsp3) is 0.250. The number of thiophene rings is 1. The summed E-state index contributed by atoms with van der Waals surface area (Å²) in [6.07, 6.45) is 0. The highest BCUT2D eigenvalue weighted by Crippen LogP contribution is 2.40. The summed E-state index contributed by atoms with van der Waals surface area (Å²) in [4.78, 5) is 33.7. The third-order valence-electron chi connectivity index (χ3n) is 6.75. The van der Waals surface area contributed by atoms with Crippen molar-refractivity contribution in [3.8, 4) is 28.4 Å². The summed E-state index contributed by atoms with van der Waals surface area (Å²) in [7, 11) is 0. The molecule has 0 unspecified atom stereocenters. The van der Waals surface area contributed by atoms with E-state index in [1.807, 2.05) is 38.1 Å². The molecule has 6 rings (SSSR count). The number of carbonyl (C=O) groups is 1. The number of aryl methyl sites for hydroxylation is 1. The first-order chi connectivity index (χ1) is 18.9. The largest absolute Gasteiger partial charge is 0.478 e. The lowest BCUT2D eigenvalue weighted by Gasteiger charge is -2.27. The zero-order chi connectivity index (χ0) is 27.1. The Balaban J connectivity index is 1.40. The molecule has 10 nitrogen and oxygen atoms in total. The number of benzene rings is 2. The second kappa shape index (κ2) is 10.1. The zero-order valence-corrected chi connectivity index (χ0v) is 22.4. The van der Waals surface area contributed by atoms with Crippen LogP contribution in [0, 0.1) is 6.92 Å². The smallest absolute Gasteiger partial charge is 0.335 e. The molecule has 2 aromatic carbocycles. The third-order valence-corrected chi connectivity index (χ3v) is 7.81. The standard InChI is InChI=1S/C28H27N7O3S/c1-3-38-25-23-22(32-28(34-25)35-12-10-30-11-13-35)21-15(2)31-24(33-26(21)39-23)17-6-4-16(5-7-17)19-9-8-18(27(36)37)14-20(19)29/h4-9,14,30H,3,10-13,29H2,1-2H3,(H,36,37). The number of nitrogens with two attached hydrogens (primary N) is 1. The van der Waals surface area contributed by atoms with Crippen LogP contribution in [0.2, 0.25) is 0 Å². The number of nitrogen functional groups attached to an aromatic ring is 1. The molecule has 5 aromatic rings. The molecular formula is C28H27N7O3S. The quantitative estimate of drug-likeness (QED) is 0.266. The average Bonchev–Trinajstić information content (AvgIpc) is 3.33. The van der Waals surface area contributed by atoms with E-state index >= 15 is 0 Å². The molecule has 0 saturated carbocycles. The maximum absolute atomic E-state index is 11.2. The van der Waals surface area contributed by atoms with Gasteiger partial charge in [0.1, 0.15) is 15.0 Å². The predicted octanol–water partition coefficient (Wildman–Crippen LogP) is 4.37. The van der Waals surface area contributed by atoms with Crippen molar-refractivity contribution < 1.29 is 14.6 Å². The number of hydrogen-bond donors (Lipinski definition) is 3. The Morgan fingerprint density at radius 3 is 2.51 bits per heavy atom. The minimum atomic E-state index is -1.01. The Bertz CT molecular complexity index is 1710. The van der Waals surface area contributed by atoms with Crippen LogP contribution >= 0.6 is 11.3 Å². The number of hydrogen-bond acceptors (Lipinski definition) is 10. The molecule has 39 heavy (non-hydrogen) atoms. The van der Waals surface area contributed by atoms with Crippen LogP contribution in [0.1, 0.15) is 23.0 Å². The molecule has 3 aromatic heterocycles. The van der Waals surface area contributed by atoms with Gasteiger partial charge < -0.3 is 25.8 Å². The minimum Gasteiger partial charge on any atom is -0.478 e. The number of carboxylic acids is 1. The van der Waals surface area contributed by atoms with Gasteiger partial charge in [0.25, 0.3) is 0 Å². The Hall–Kier alpha value is -4.35. The van der Waals surface area contributed by atoms with E-state index in [0.717, 1.165) is 69.0 Å². The van der Waals surface area contributed by atoms with E-state index in [2.05, 4.69) is 10.2 Å². The summed E-state index contributed by atoms with van der Waals surface area (Å²) in [5.74, 6) is 0.852. The number of aromatic nitrogens is 4. The number of rotatable bonds is 6. The lowest BCUT2D eigenvalue weighted by Crippen LogP contribution is -2.44. The van der Waals surface area contributed by atoms with Gasteiger partial charge in [-0.2, -0.15) is 4.98 Å². The zero-order valence-electron chi connectivity index (χ0n) is 21.6. The molecule has 1 aliphatic heterocycles. The summed E-state index contributed by atoms with van der Waals surface area (Å²) < 4.78 is 6.82. The lowest BCUT2D eigenvalue weighted by atomic mass is 10.0. The molecule has 0 amide bonds. The number of piperazine rings is 1. The molecule has 11 heteroatoms. The number of carboxylic acid groups (broad SMARTS) is 1. The number of nitrogens with one attached hydrogen (secondary N) is 1. The fourth-order valence-corrected chi connectivity index (χ4v) is 5.91. The van der Waals surface area contributed by atoms with E-state index in [0.29, 0.717) is 29.9 Å². The molecule has 0 atom stereocenters. The monoisotopic (exact) mass is 541 g/mol. The first-order valence-corrected chi connectivity index (χ1v) is 13.6. The highest BCUT2D eigenvalue weighted by atomic mass is 32.1. The van der Waals surface area contributed by atoms with Gasteiger partial charge in [-0.15, -0.1) is 11.3 Å². The molecule has 4 N–H and O–H groups in total. The number of aromatic carboxylic acids is 1. The first-order valence-electron chi connectivity index (χ1n) is 12.7. The molecule has 0 bridgehead atoms. The maximum atomic E-state index is 11.2. The average molecular weight is 542 g/mol. The molecular weight excluding hydrogens is 514 g/mol. The second-order valence-electron chi connectivity index (χ2n) is 9.28. The Morgan fingerprint density at radius 2 is 1.82 bits per heavy atom. The normalized spacial score (nSPS) is 13.7. The van der Waals surface area contributed by atoms with Crippen LogP contribution in [0.4, 0.5) is 11.6 Å². The van der Waals surface area contributed by atoms with Crippen molar-refractivity contribution in [2.24, 2.45) is 0 Å². The SMILES string of the molecule is CCOc1nc(N2CCNCC2)nc2c1sc1nc(-c3ccc(-c4ccc(C(=O)O)cc4N)cc3)nc(C)c12. The highest BCUT2D eigenvalue weighted by molar-refractivity contribution is 7.25. The van der Waals surface area contributed by atoms with Gasteiger partial charge in [0, 0.05) is 43.0 Å². The van der Waals surface area contributed by atoms with Gasteiger partial charge in [0.05, 0.1) is 23.3 Å². The summed E-state index contributed by atoms with van der Waals surface area (Å²) >= 11 is 1.52. The van der Waals surface area contributed by atoms with E-state index < -0.39 is 5.97 Å². The molecule has 0 aliphatic carbocycles. The molecule has 1 aliphatic rings.